The van der Waals surface area contributed by atoms with Gasteiger partial charge in [0.05, 0.1) is 6.42 Å². The second-order valence-corrected chi connectivity index (χ2v) is 8.52. The van der Waals surface area contributed by atoms with Gasteiger partial charge in [-0.15, -0.1) is 0 Å². The average molecular weight is 408 g/mol. The number of hydrogen-bond donors (Lipinski definition) is 1. The Bertz CT molecular complexity index is 677. The summed E-state index contributed by atoms with van der Waals surface area (Å²) in [6, 6.07) is 9.20. The lowest BCUT2D eigenvalue weighted by atomic mass is 10.2. The fraction of sp³-hybridized carbons (Fsp3) is 0.571. The molecule has 8 nitrogen and oxygen atoms in total. The number of rotatable bonds is 8. The molecule has 1 aromatic rings. The fourth-order valence-electron chi connectivity index (χ4n) is 2.21. The van der Waals surface area contributed by atoms with E-state index in [1.165, 1.54) is 5.01 Å². The van der Waals surface area contributed by atoms with Gasteiger partial charge in [0.1, 0.15) is 24.4 Å². The minimum absolute atomic E-state index is 0.0148. The number of hydrazine groups is 1. The van der Waals surface area contributed by atoms with Crippen LogP contribution in [0.25, 0.3) is 0 Å². The van der Waals surface area contributed by atoms with Gasteiger partial charge < -0.3 is 14.2 Å². The minimum Gasteiger partial charge on any atom is -0.460 e. The normalized spacial score (nSPS) is 11.7. The van der Waals surface area contributed by atoms with Crippen molar-refractivity contribution in [3.05, 3.63) is 35.9 Å². The van der Waals surface area contributed by atoms with E-state index in [9.17, 15) is 14.4 Å². The highest BCUT2D eigenvalue weighted by atomic mass is 16.6. The van der Waals surface area contributed by atoms with Gasteiger partial charge in [0.2, 0.25) is 0 Å². The molecule has 162 valence electrons. The van der Waals surface area contributed by atoms with Gasteiger partial charge in [0.25, 0.3) is 0 Å². The van der Waals surface area contributed by atoms with Crippen LogP contribution >= 0.6 is 0 Å². The molecule has 0 unspecified atom stereocenters. The molecule has 1 N–H and O–H groups in total. The lowest BCUT2D eigenvalue weighted by Gasteiger charge is -2.25. The second-order valence-electron chi connectivity index (χ2n) is 8.52. The van der Waals surface area contributed by atoms with Crippen LogP contribution in [0.15, 0.2) is 30.3 Å². The van der Waals surface area contributed by atoms with Crippen LogP contribution in [0.2, 0.25) is 0 Å². The lowest BCUT2D eigenvalue weighted by molar-refractivity contribution is -0.159. The van der Waals surface area contributed by atoms with E-state index < -0.39 is 29.2 Å². The molecule has 0 bridgehead atoms. The first-order valence-electron chi connectivity index (χ1n) is 9.50. The first-order valence-corrected chi connectivity index (χ1v) is 9.50. The topological polar surface area (TPSA) is 94.2 Å². The Morgan fingerprint density at radius 2 is 1.45 bits per heavy atom. The Balaban J connectivity index is 2.63. The zero-order valence-corrected chi connectivity index (χ0v) is 18.1. The number of nitrogens with one attached hydrogen (secondary N) is 1. The Kier molecular flexibility index (Phi) is 9.10. The van der Waals surface area contributed by atoms with E-state index in [4.69, 9.17) is 14.2 Å². The molecule has 0 aliphatic carbocycles. The number of ether oxygens (including phenoxy) is 3. The number of benzene rings is 1. The summed E-state index contributed by atoms with van der Waals surface area (Å²) in [7, 11) is 0. The zero-order chi connectivity index (χ0) is 22.1. The van der Waals surface area contributed by atoms with E-state index >= 15 is 0 Å². The number of nitrogens with zero attached hydrogens (tertiary/aromatic N) is 1. The van der Waals surface area contributed by atoms with Crippen molar-refractivity contribution < 1.29 is 28.6 Å². The number of carbonyl (C=O) groups is 3. The van der Waals surface area contributed by atoms with Crippen molar-refractivity contribution in [3.63, 3.8) is 0 Å². The molecule has 0 atom stereocenters. The van der Waals surface area contributed by atoms with Crippen LogP contribution in [-0.2, 0) is 30.4 Å². The first-order chi connectivity index (χ1) is 13.3. The van der Waals surface area contributed by atoms with Gasteiger partial charge in [0.15, 0.2) is 0 Å². The van der Waals surface area contributed by atoms with Gasteiger partial charge in [-0.2, -0.15) is 0 Å². The third-order valence-corrected chi connectivity index (χ3v) is 3.21. The summed E-state index contributed by atoms with van der Waals surface area (Å²) in [5, 5.41) is 1.28. The lowest BCUT2D eigenvalue weighted by Crippen LogP contribution is -2.47. The van der Waals surface area contributed by atoms with Crippen LogP contribution in [0.1, 0.15) is 53.5 Å². The molecule has 0 radical (unpaired) electrons. The molecule has 1 aromatic carbocycles. The van der Waals surface area contributed by atoms with E-state index in [1.807, 2.05) is 30.3 Å². The van der Waals surface area contributed by atoms with Crippen molar-refractivity contribution >= 4 is 18.0 Å². The molecule has 8 heteroatoms. The van der Waals surface area contributed by atoms with Crippen LogP contribution in [0, 0.1) is 0 Å². The monoisotopic (exact) mass is 408 g/mol. The molecule has 0 aromatic heterocycles. The maximum absolute atomic E-state index is 12.1. The summed E-state index contributed by atoms with van der Waals surface area (Å²) in [6.07, 6.45) is -0.749. The molecule has 0 aliphatic heterocycles. The first kappa shape index (κ1) is 24.4. The van der Waals surface area contributed by atoms with Gasteiger partial charge in [-0.1, -0.05) is 30.3 Å². The van der Waals surface area contributed by atoms with E-state index in [0.29, 0.717) is 0 Å². The summed E-state index contributed by atoms with van der Waals surface area (Å²) >= 11 is 0. The predicted octanol–water partition coefficient (Wildman–Crippen LogP) is 3.20. The van der Waals surface area contributed by atoms with Crippen LogP contribution in [0.4, 0.5) is 4.79 Å². The quantitative estimate of drug-likeness (QED) is 0.401. The number of esters is 2. The minimum atomic E-state index is -0.735. The van der Waals surface area contributed by atoms with Crippen molar-refractivity contribution in [1.29, 1.82) is 0 Å². The SMILES string of the molecule is CC(C)(C)OC(=O)CCN(CC(=O)OC(C)(C)C)NC(=O)OCc1ccccc1. The van der Waals surface area contributed by atoms with Gasteiger partial charge in [-0.25, -0.2) is 9.80 Å². The van der Waals surface area contributed by atoms with Crippen LogP contribution in [0.5, 0.6) is 0 Å². The van der Waals surface area contributed by atoms with Crippen molar-refractivity contribution in [1.82, 2.24) is 10.4 Å². The fourth-order valence-corrected chi connectivity index (χ4v) is 2.21. The molecule has 0 heterocycles. The Morgan fingerprint density at radius 1 is 0.897 bits per heavy atom. The Labute approximate surface area is 172 Å². The largest absolute Gasteiger partial charge is 0.460 e. The highest BCUT2D eigenvalue weighted by Crippen LogP contribution is 2.10. The number of amides is 1. The van der Waals surface area contributed by atoms with E-state index in [1.54, 1.807) is 41.5 Å². The van der Waals surface area contributed by atoms with Crippen molar-refractivity contribution in [3.8, 4) is 0 Å². The van der Waals surface area contributed by atoms with Gasteiger partial charge in [-0.3, -0.25) is 15.0 Å². The molecule has 0 aliphatic rings. The molecule has 29 heavy (non-hydrogen) atoms. The zero-order valence-electron chi connectivity index (χ0n) is 18.1. The van der Waals surface area contributed by atoms with Crippen molar-refractivity contribution in [2.45, 2.75) is 65.8 Å². The highest BCUT2D eigenvalue weighted by Gasteiger charge is 2.22. The maximum Gasteiger partial charge on any atom is 0.422 e. The molecule has 0 saturated heterocycles. The summed E-state index contributed by atoms with van der Waals surface area (Å²) in [6.45, 7) is 10.5. The predicted molar refractivity (Wildman–Crippen MR) is 108 cm³/mol. The van der Waals surface area contributed by atoms with Crippen LogP contribution < -0.4 is 5.43 Å². The summed E-state index contributed by atoms with van der Waals surface area (Å²) in [5.74, 6) is -0.976. The molecule has 1 amide bonds. The standard InChI is InChI=1S/C21H32N2O6/c1-20(2,3)28-17(24)12-13-23(14-18(25)29-21(4,5)6)22-19(26)27-15-16-10-8-7-9-11-16/h7-11H,12-15H2,1-6H3,(H,22,26). The van der Waals surface area contributed by atoms with Gasteiger partial charge in [0, 0.05) is 6.54 Å². The smallest absolute Gasteiger partial charge is 0.422 e. The van der Waals surface area contributed by atoms with E-state index in [2.05, 4.69) is 5.43 Å². The number of hydrogen-bond acceptors (Lipinski definition) is 7. The number of carbonyl (C=O) groups excluding carboxylic acids is 3. The third kappa shape index (κ3) is 12.5. The molecule has 0 fully saturated rings. The van der Waals surface area contributed by atoms with E-state index in [0.717, 1.165) is 5.56 Å². The van der Waals surface area contributed by atoms with Crippen molar-refractivity contribution in [2.75, 3.05) is 13.1 Å². The van der Waals surface area contributed by atoms with Crippen LogP contribution in [-0.4, -0.2) is 47.3 Å². The molecular formula is C21H32N2O6. The summed E-state index contributed by atoms with van der Waals surface area (Å²) in [4.78, 5) is 36.2. The van der Waals surface area contributed by atoms with Gasteiger partial charge in [-0.05, 0) is 47.1 Å². The van der Waals surface area contributed by atoms with Gasteiger partial charge >= 0.3 is 18.0 Å². The van der Waals surface area contributed by atoms with Crippen LogP contribution in [0.3, 0.4) is 0 Å². The van der Waals surface area contributed by atoms with E-state index in [-0.39, 0.29) is 26.1 Å². The maximum atomic E-state index is 12.1. The molecule has 1 rings (SSSR count). The third-order valence-electron chi connectivity index (χ3n) is 3.21. The highest BCUT2D eigenvalue weighted by molar-refractivity contribution is 5.74. The average Bonchev–Trinajstić information content (AvgIpc) is 2.55. The summed E-state index contributed by atoms with van der Waals surface area (Å²) < 4.78 is 15.7. The summed E-state index contributed by atoms with van der Waals surface area (Å²) in [5.41, 5.74) is 2.03. The molecule has 0 saturated carbocycles. The van der Waals surface area contributed by atoms with Crippen molar-refractivity contribution in [2.24, 2.45) is 0 Å². The Hall–Kier alpha value is -2.61. The second kappa shape index (κ2) is 10.8. The molecule has 0 spiro atoms. The Morgan fingerprint density at radius 3 is 2.00 bits per heavy atom. The molecular weight excluding hydrogens is 376 g/mol.